The molecule has 19 nitrogen and oxygen atoms in total. The van der Waals surface area contributed by atoms with Gasteiger partial charge in [0.15, 0.2) is 6.29 Å². The fourth-order valence-electron chi connectivity index (χ4n) is 5.42. The number of aliphatic hydroxyl groups excluding tert-OH is 10. The summed E-state index contributed by atoms with van der Waals surface area (Å²) in [6.45, 7) is 2.51. The molecule has 0 saturated carbocycles. The van der Waals surface area contributed by atoms with Gasteiger partial charge in [-0.2, -0.15) is 0 Å². The molecule has 0 aromatic heterocycles. The van der Waals surface area contributed by atoms with Crippen molar-refractivity contribution in [2.24, 2.45) is 23.3 Å². The summed E-state index contributed by atoms with van der Waals surface area (Å²) in [6.07, 6.45) is -21.7. The van der Waals surface area contributed by atoms with Gasteiger partial charge >= 0.3 is 5.97 Å². The van der Waals surface area contributed by atoms with Gasteiger partial charge in [-0.05, 0) is 5.92 Å². The minimum atomic E-state index is -2.76. The van der Waals surface area contributed by atoms with Gasteiger partial charge in [-0.25, -0.2) is 4.79 Å². The first kappa shape index (κ1) is 40.0. The lowest BCUT2D eigenvalue weighted by atomic mass is 9.83. The topological polar surface area (TPSA) is 349 Å². The molecule has 2 saturated heterocycles. The van der Waals surface area contributed by atoms with Crippen LogP contribution in [0.5, 0.6) is 0 Å². The second kappa shape index (κ2) is 16.3. The summed E-state index contributed by atoms with van der Waals surface area (Å²) in [4.78, 5) is 12.4. The molecule has 16 N–H and O–H groups in total. The predicted octanol–water partition coefficient (Wildman–Crippen LogP) is -6.44. The van der Waals surface area contributed by atoms with E-state index in [4.69, 9.17) is 30.4 Å². The van der Waals surface area contributed by atoms with Crippen LogP contribution in [0.3, 0.4) is 0 Å². The van der Waals surface area contributed by atoms with Gasteiger partial charge in [0.25, 0.3) is 5.79 Å². The number of aliphatic hydroxyl groups is 11. The summed E-state index contributed by atoms with van der Waals surface area (Å²) < 4.78 is 22.0. The molecule has 0 aromatic carbocycles. The van der Waals surface area contributed by atoms with E-state index >= 15 is 0 Å². The van der Waals surface area contributed by atoms with Gasteiger partial charge in [0.2, 0.25) is 12.1 Å². The van der Waals surface area contributed by atoms with Crippen LogP contribution in [0.2, 0.25) is 0 Å². The van der Waals surface area contributed by atoms with Crippen molar-refractivity contribution in [3.63, 3.8) is 0 Å². The maximum atomic E-state index is 12.4. The third kappa shape index (κ3) is 8.64. The van der Waals surface area contributed by atoms with Crippen LogP contribution in [0.4, 0.5) is 0 Å². The molecule has 0 radical (unpaired) electrons. The first-order chi connectivity index (χ1) is 20.8. The Hall–Kier alpha value is -1.21. The van der Waals surface area contributed by atoms with Gasteiger partial charge < -0.3 is 91.7 Å². The summed E-state index contributed by atoms with van der Waals surface area (Å²) in [5, 5.41) is 123. The number of carboxylic acids is 1. The summed E-state index contributed by atoms with van der Waals surface area (Å²) in [5.41, 5.74) is 12.0. The number of nitrogens with two attached hydrogens (primary N) is 2. The molecule has 0 amide bonds. The molecule has 16 atom stereocenters. The van der Waals surface area contributed by atoms with E-state index in [1.165, 1.54) is 6.92 Å². The number of hydrogen-bond acceptors (Lipinski definition) is 18. The fraction of sp³-hybridized carbons (Fsp3) is 0.962. The molecule has 6 unspecified atom stereocenters. The van der Waals surface area contributed by atoms with Crippen LogP contribution in [0.1, 0.15) is 40.0 Å². The van der Waals surface area contributed by atoms with Crippen molar-refractivity contribution >= 4 is 5.97 Å². The minimum absolute atomic E-state index is 0.392. The molecular weight excluding hydrogens is 612 g/mol. The second-order valence-corrected chi connectivity index (χ2v) is 11.9. The standard InChI is InChI=1S/C26H50N2O17/c1-4-9(2)17(34)22(37)45-26(24(40)41)6-11(31)15(27)20(43-26)10(3)18(35)14(8-30)42-25(23(38)39)5-12(32)16(28)21(44-25)19(36)13(33)7-29/h9-23,29-39H,4-8,27-28H2,1-3H3,(H,40,41)/t9?,10?,11?,12?,13-,14-,15-,16-,17+,18+,19-,20?,21?,22+,25-,26+/m1/s1. The lowest BCUT2D eigenvalue weighted by Crippen LogP contribution is -2.69. The Morgan fingerprint density at radius 2 is 1.42 bits per heavy atom. The van der Waals surface area contributed by atoms with Crippen molar-refractivity contribution in [3.8, 4) is 0 Å². The van der Waals surface area contributed by atoms with Crippen LogP contribution in [-0.4, -0.2) is 172 Å². The van der Waals surface area contributed by atoms with Gasteiger partial charge in [-0.15, -0.1) is 0 Å². The van der Waals surface area contributed by atoms with Crippen LogP contribution < -0.4 is 11.5 Å². The highest BCUT2D eigenvalue weighted by Gasteiger charge is 2.58. The number of aliphatic carboxylic acids is 1. The molecule has 2 aliphatic heterocycles. The van der Waals surface area contributed by atoms with E-state index in [-0.39, 0.29) is 0 Å². The van der Waals surface area contributed by atoms with E-state index < -0.39 is 135 Å². The summed E-state index contributed by atoms with van der Waals surface area (Å²) in [7, 11) is 0. The average Bonchev–Trinajstić information content (AvgIpc) is 3.00. The molecule has 2 rings (SSSR count). The Bertz CT molecular complexity index is 936. The molecular formula is C26H50N2O17. The average molecular weight is 663 g/mol. The van der Waals surface area contributed by atoms with E-state index in [0.29, 0.717) is 6.42 Å². The molecule has 0 bridgehead atoms. The lowest BCUT2D eigenvalue weighted by molar-refractivity contribution is -0.400. The van der Waals surface area contributed by atoms with Gasteiger partial charge in [-0.1, -0.05) is 27.2 Å². The fourth-order valence-corrected chi connectivity index (χ4v) is 5.42. The smallest absolute Gasteiger partial charge is 0.364 e. The van der Waals surface area contributed by atoms with Gasteiger partial charge in [0.05, 0.1) is 49.7 Å². The van der Waals surface area contributed by atoms with Gasteiger partial charge in [0, 0.05) is 18.8 Å². The molecule has 45 heavy (non-hydrogen) atoms. The van der Waals surface area contributed by atoms with Crippen LogP contribution >= 0.6 is 0 Å². The Morgan fingerprint density at radius 1 is 0.867 bits per heavy atom. The normalized spacial score (nSPS) is 38.2. The quantitative estimate of drug-likeness (QED) is 0.0683. The molecule has 0 aromatic rings. The van der Waals surface area contributed by atoms with E-state index in [0.717, 1.165) is 0 Å². The number of ether oxygens (including phenoxy) is 4. The van der Waals surface area contributed by atoms with Crippen LogP contribution in [-0.2, 0) is 23.7 Å². The monoisotopic (exact) mass is 662 g/mol. The summed E-state index contributed by atoms with van der Waals surface area (Å²) in [5.74, 6) is -9.14. The maximum absolute atomic E-state index is 12.4. The van der Waals surface area contributed by atoms with Crippen molar-refractivity contribution in [2.45, 2.75) is 131 Å². The highest BCUT2D eigenvalue weighted by molar-refractivity contribution is 5.76. The number of carbonyl (C=O) groups is 1. The minimum Gasteiger partial charge on any atom is -0.477 e. The first-order valence-electron chi connectivity index (χ1n) is 14.6. The Labute approximate surface area is 259 Å². The summed E-state index contributed by atoms with van der Waals surface area (Å²) in [6, 6.07) is -2.81. The van der Waals surface area contributed by atoms with E-state index in [2.05, 4.69) is 0 Å². The van der Waals surface area contributed by atoms with E-state index in [1.807, 2.05) is 0 Å². The SMILES string of the molecule is CCC(C)[C@H](O)[C@@H](O)O[C@]1(C(=O)O)CC(O)[C@@H](N)C(C(C)[C@H](O)[C@@H](CO)O[C@]2(C(O)O)CC(O)[C@@H](N)C([C@H](O)[C@H](O)CO)O2)O1. The van der Waals surface area contributed by atoms with Crippen LogP contribution in [0, 0.1) is 11.8 Å². The highest BCUT2D eigenvalue weighted by Crippen LogP contribution is 2.39. The highest BCUT2D eigenvalue weighted by atomic mass is 16.8. The van der Waals surface area contributed by atoms with Crippen molar-refractivity contribution in [1.82, 2.24) is 0 Å². The largest absolute Gasteiger partial charge is 0.477 e. The van der Waals surface area contributed by atoms with Crippen molar-refractivity contribution in [2.75, 3.05) is 13.2 Å². The molecule has 2 fully saturated rings. The van der Waals surface area contributed by atoms with Crippen LogP contribution in [0.15, 0.2) is 0 Å². The van der Waals surface area contributed by atoms with E-state index in [1.54, 1.807) is 13.8 Å². The Kier molecular flexibility index (Phi) is 14.4. The zero-order valence-electron chi connectivity index (χ0n) is 25.3. The third-order valence-electron chi connectivity index (χ3n) is 8.72. The maximum Gasteiger partial charge on any atom is 0.364 e. The van der Waals surface area contributed by atoms with Gasteiger partial charge in [-0.3, -0.25) is 0 Å². The van der Waals surface area contributed by atoms with Crippen molar-refractivity contribution in [1.29, 1.82) is 0 Å². The molecule has 2 aliphatic rings. The molecule has 19 heteroatoms. The zero-order chi connectivity index (χ0) is 34.6. The Morgan fingerprint density at radius 3 is 1.91 bits per heavy atom. The van der Waals surface area contributed by atoms with Crippen molar-refractivity contribution in [3.05, 3.63) is 0 Å². The molecule has 0 aliphatic carbocycles. The van der Waals surface area contributed by atoms with E-state index in [9.17, 15) is 66.1 Å². The van der Waals surface area contributed by atoms with Crippen LogP contribution in [0.25, 0.3) is 0 Å². The summed E-state index contributed by atoms with van der Waals surface area (Å²) >= 11 is 0. The van der Waals surface area contributed by atoms with Gasteiger partial charge in [0.1, 0.15) is 30.5 Å². The predicted molar refractivity (Wildman–Crippen MR) is 147 cm³/mol. The third-order valence-corrected chi connectivity index (χ3v) is 8.72. The lowest BCUT2D eigenvalue weighted by Gasteiger charge is -2.50. The zero-order valence-corrected chi connectivity index (χ0v) is 25.3. The molecule has 2 heterocycles. The second-order valence-electron chi connectivity index (χ2n) is 11.9. The molecule has 266 valence electrons. The number of hydrogen-bond donors (Lipinski definition) is 14. The van der Waals surface area contributed by atoms with Crippen molar-refractivity contribution < 1.29 is 85.0 Å². The first-order valence-corrected chi connectivity index (χ1v) is 14.6. The number of carboxylic acid groups (broad SMARTS) is 1. The number of rotatable bonds is 16. The Balaban J connectivity index is 2.38. The molecule has 0 spiro atoms.